The molecule has 0 spiro atoms. The van der Waals surface area contributed by atoms with Crippen molar-refractivity contribution in [3.8, 4) is 0 Å². The van der Waals surface area contributed by atoms with Gasteiger partial charge in [0, 0.05) is 12.8 Å². The van der Waals surface area contributed by atoms with Gasteiger partial charge in [0.15, 0.2) is 0 Å². The molecule has 6 nitrogen and oxygen atoms in total. The van der Waals surface area contributed by atoms with E-state index in [9.17, 15) is 19.8 Å². The molecular formula is C52H83NO5. The molecule has 6 heteroatoms. The lowest BCUT2D eigenvalue weighted by Gasteiger charge is -2.24. The molecule has 326 valence electrons. The van der Waals surface area contributed by atoms with Gasteiger partial charge in [-0.25, -0.2) is 0 Å². The van der Waals surface area contributed by atoms with Gasteiger partial charge in [0.25, 0.3) is 0 Å². The zero-order chi connectivity index (χ0) is 42.4. The highest BCUT2D eigenvalue weighted by Gasteiger charge is 2.23. The van der Waals surface area contributed by atoms with Crippen molar-refractivity contribution < 1.29 is 24.5 Å². The van der Waals surface area contributed by atoms with E-state index in [1.54, 1.807) is 0 Å². The molecule has 0 aliphatic heterocycles. The van der Waals surface area contributed by atoms with E-state index in [4.69, 9.17) is 4.74 Å². The monoisotopic (exact) mass is 802 g/mol. The third kappa shape index (κ3) is 39.1. The summed E-state index contributed by atoms with van der Waals surface area (Å²) in [5.41, 5.74) is 0. The van der Waals surface area contributed by atoms with Crippen LogP contribution in [0.15, 0.2) is 122 Å². The molecule has 0 bridgehead atoms. The van der Waals surface area contributed by atoms with Crippen molar-refractivity contribution in [2.24, 2.45) is 0 Å². The number of allylic oxidation sites excluding steroid dienone is 19. The molecule has 3 N–H and O–H groups in total. The van der Waals surface area contributed by atoms with E-state index in [0.717, 1.165) is 57.8 Å². The zero-order valence-corrected chi connectivity index (χ0v) is 36.9. The number of rotatable bonds is 38. The second-order valence-electron chi connectivity index (χ2n) is 14.8. The number of carbonyl (C=O) groups excluding carboxylic acids is 2. The van der Waals surface area contributed by atoms with Gasteiger partial charge in [0.05, 0.1) is 25.2 Å². The van der Waals surface area contributed by atoms with Crippen molar-refractivity contribution >= 4 is 11.9 Å². The fraction of sp³-hybridized carbons (Fsp3) is 0.577. The minimum Gasteiger partial charge on any atom is -0.461 e. The van der Waals surface area contributed by atoms with Gasteiger partial charge in [-0.15, -0.1) is 0 Å². The van der Waals surface area contributed by atoms with Crippen molar-refractivity contribution in [1.82, 2.24) is 5.32 Å². The smallest absolute Gasteiger partial charge is 0.306 e. The Bertz CT molecular complexity index is 1260. The summed E-state index contributed by atoms with van der Waals surface area (Å²) in [4.78, 5) is 25.9. The van der Waals surface area contributed by atoms with E-state index in [2.05, 4.69) is 80.8 Å². The van der Waals surface area contributed by atoms with E-state index in [-0.39, 0.29) is 31.3 Å². The number of amides is 1. The standard InChI is InChI=1S/C52H83NO5/c1-4-7-10-13-16-19-22-24-25-26-27-30-33-36-39-42-45-52(57)58-48(43-40-37-34-31-28-21-18-15-12-9-6-3)46-51(56)53-49(47-54)50(55)44-41-38-35-32-29-23-20-17-14-11-8-5-2/h7,9-10,12,15-16,18-19,21,24-25,27-28,30-31,34,36-37,39-40,48-50,54-55H,4-6,8,11,13-14,17,20,22-23,26,29,32-33,35,38,41-47H2,1-3H3,(H,53,56)/b10-7+,12-9+,18-15+,19-16+,25-24+,28-21-,30-27+,34-31-,39-36+,40-37+. The van der Waals surface area contributed by atoms with Gasteiger partial charge in [-0.1, -0.05) is 219 Å². The highest BCUT2D eigenvalue weighted by Crippen LogP contribution is 2.15. The highest BCUT2D eigenvalue weighted by atomic mass is 16.5. The SMILES string of the molecule is CC/C=C/C=C/C=C\C=C/C=C/CC(CC(=O)NC(CO)C(O)CCCCCCCCCCCCCC)OC(=O)CC/C=C/C/C=C/C/C=C/C/C=C/C/C=C/CC. The molecule has 0 heterocycles. The van der Waals surface area contributed by atoms with Crippen LogP contribution in [0.1, 0.15) is 168 Å². The Kier molecular flexibility index (Phi) is 41.5. The lowest BCUT2D eigenvalue weighted by Crippen LogP contribution is -2.46. The van der Waals surface area contributed by atoms with Gasteiger partial charge in [-0.3, -0.25) is 9.59 Å². The Balaban J connectivity index is 4.85. The maximum atomic E-state index is 13.1. The average molecular weight is 802 g/mol. The molecule has 0 rings (SSSR count). The maximum absolute atomic E-state index is 13.1. The number of hydrogen-bond acceptors (Lipinski definition) is 5. The lowest BCUT2D eigenvalue weighted by molar-refractivity contribution is -0.150. The van der Waals surface area contributed by atoms with Crippen molar-refractivity contribution in [1.29, 1.82) is 0 Å². The van der Waals surface area contributed by atoms with Crippen molar-refractivity contribution in [2.45, 2.75) is 187 Å². The molecule has 0 radical (unpaired) electrons. The quantitative estimate of drug-likeness (QED) is 0.0250. The summed E-state index contributed by atoms with van der Waals surface area (Å²) in [7, 11) is 0. The summed E-state index contributed by atoms with van der Waals surface area (Å²) >= 11 is 0. The minimum atomic E-state index is -0.836. The van der Waals surface area contributed by atoms with Gasteiger partial charge in [-0.2, -0.15) is 0 Å². The van der Waals surface area contributed by atoms with Crippen LogP contribution in [0.4, 0.5) is 0 Å². The average Bonchev–Trinajstić information content (AvgIpc) is 3.22. The number of esters is 1. The first-order valence-corrected chi connectivity index (χ1v) is 22.8. The predicted molar refractivity (Wildman–Crippen MR) is 250 cm³/mol. The molecule has 0 fully saturated rings. The largest absolute Gasteiger partial charge is 0.461 e. The van der Waals surface area contributed by atoms with Crippen molar-refractivity contribution in [3.05, 3.63) is 122 Å². The number of hydrogen-bond donors (Lipinski definition) is 3. The number of aliphatic hydroxyl groups is 2. The summed E-state index contributed by atoms with van der Waals surface area (Å²) in [6.45, 7) is 6.13. The summed E-state index contributed by atoms with van der Waals surface area (Å²) in [6, 6.07) is -0.760. The number of ether oxygens (including phenoxy) is 1. The van der Waals surface area contributed by atoms with Crippen molar-refractivity contribution in [3.63, 3.8) is 0 Å². The van der Waals surface area contributed by atoms with E-state index in [1.807, 2.05) is 66.8 Å². The first-order valence-electron chi connectivity index (χ1n) is 22.8. The molecule has 0 saturated carbocycles. The Hall–Kier alpha value is -3.74. The van der Waals surface area contributed by atoms with Crippen LogP contribution in [0.5, 0.6) is 0 Å². The van der Waals surface area contributed by atoms with Crippen LogP contribution >= 0.6 is 0 Å². The molecule has 0 aliphatic rings. The third-order valence-electron chi connectivity index (χ3n) is 9.43. The molecule has 0 saturated heterocycles. The van der Waals surface area contributed by atoms with Crippen LogP contribution in [0.2, 0.25) is 0 Å². The summed E-state index contributed by atoms with van der Waals surface area (Å²) < 4.78 is 5.77. The maximum Gasteiger partial charge on any atom is 0.306 e. The first-order chi connectivity index (χ1) is 28.5. The Labute approximate surface area is 355 Å². The molecule has 3 atom stereocenters. The molecule has 0 aromatic rings. The topological polar surface area (TPSA) is 95.9 Å². The predicted octanol–water partition coefficient (Wildman–Crippen LogP) is 13.3. The van der Waals surface area contributed by atoms with Crippen molar-refractivity contribution in [2.75, 3.05) is 6.61 Å². The van der Waals surface area contributed by atoms with E-state index >= 15 is 0 Å². The first kappa shape index (κ1) is 54.3. The van der Waals surface area contributed by atoms with Gasteiger partial charge >= 0.3 is 5.97 Å². The van der Waals surface area contributed by atoms with Crippen LogP contribution in [-0.2, 0) is 14.3 Å². The molecular weight excluding hydrogens is 719 g/mol. The zero-order valence-electron chi connectivity index (χ0n) is 36.9. The van der Waals surface area contributed by atoms with Crippen LogP contribution in [0.25, 0.3) is 0 Å². The van der Waals surface area contributed by atoms with Crippen LogP contribution in [-0.4, -0.2) is 46.9 Å². The number of carbonyl (C=O) groups is 2. The fourth-order valence-electron chi connectivity index (χ4n) is 6.03. The molecule has 0 aromatic heterocycles. The van der Waals surface area contributed by atoms with Crippen LogP contribution in [0, 0.1) is 0 Å². The molecule has 58 heavy (non-hydrogen) atoms. The second kappa shape index (κ2) is 44.4. The third-order valence-corrected chi connectivity index (χ3v) is 9.43. The molecule has 0 aliphatic carbocycles. The summed E-state index contributed by atoms with van der Waals surface area (Å²) in [5.74, 6) is -0.723. The lowest BCUT2D eigenvalue weighted by atomic mass is 10.0. The van der Waals surface area contributed by atoms with Crippen LogP contribution in [0.3, 0.4) is 0 Å². The Morgan fingerprint density at radius 1 is 0.552 bits per heavy atom. The molecule has 0 aromatic carbocycles. The van der Waals surface area contributed by atoms with Gasteiger partial charge < -0.3 is 20.3 Å². The summed E-state index contributed by atoms with van der Waals surface area (Å²) in [6.07, 6.45) is 61.5. The normalized spacial score (nSPS) is 14.5. The summed E-state index contributed by atoms with van der Waals surface area (Å²) in [5, 5.41) is 23.6. The van der Waals surface area contributed by atoms with E-state index in [0.29, 0.717) is 19.3 Å². The Morgan fingerprint density at radius 3 is 1.50 bits per heavy atom. The number of unbranched alkanes of at least 4 members (excludes halogenated alkanes) is 11. The van der Waals surface area contributed by atoms with Gasteiger partial charge in [-0.05, 0) is 51.4 Å². The van der Waals surface area contributed by atoms with E-state index in [1.165, 1.54) is 57.8 Å². The minimum absolute atomic E-state index is 0.0563. The van der Waals surface area contributed by atoms with Gasteiger partial charge in [0.2, 0.25) is 5.91 Å². The van der Waals surface area contributed by atoms with Crippen LogP contribution < -0.4 is 5.32 Å². The van der Waals surface area contributed by atoms with Gasteiger partial charge in [0.1, 0.15) is 6.10 Å². The molecule has 1 amide bonds. The molecule has 3 unspecified atom stereocenters. The number of nitrogens with one attached hydrogen (secondary N) is 1. The fourth-order valence-corrected chi connectivity index (χ4v) is 6.03. The highest BCUT2D eigenvalue weighted by molar-refractivity contribution is 5.77. The van der Waals surface area contributed by atoms with E-state index < -0.39 is 18.2 Å². The number of aliphatic hydroxyl groups excluding tert-OH is 2. The second-order valence-corrected chi connectivity index (χ2v) is 14.8. The Morgan fingerprint density at radius 2 is 1.00 bits per heavy atom.